The maximum absolute atomic E-state index is 11.7. The SMILES string of the molecule is C=CCC(=O)NCCc1cccc2ccc(OCCOc3ccc4occ(CCNCC(C)C)c4c3)cc12. The molecule has 3 aromatic carbocycles. The first-order valence-corrected chi connectivity index (χ1v) is 13.4. The second kappa shape index (κ2) is 13.7. The van der Waals surface area contributed by atoms with Gasteiger partial charge in [-0.15, -0.1) is 6.58 Å². The normalized spacial score (nSPS) is 11.2. The van der Waals surface area contributed by atoms with Crippen molar-refractivity contribution < 1.29 is 18.7 Å². The number of fused-ring (bicyclic) bond motifs is 2. The molecular formula is C32H38N2O4. The van der Waals surface area contributed by atoms with Crippen LogP contribution in [0.25, 0.3) is 21.7 Å². The number of rotatable bonds is 15. The fraction of sp³-hybridized carbons (Fsp3) is 0.344. The second-order valence-electron chi connectivity index (χ2n) is 9.86. The first-order valence-electron chi connectivity index (χ1n) is 13.4. The zero-order chi connectivity index (χ0) is 26.7. The largest absolute Gasteiger partial charge is 0.490 e. The lowest BCUT2D eigenvalue weighted by Crippen LogP contribution is -2.24. The Balaban J connectivity index is 1.30. The van der Waals surface area contributed by atoms with Crippen LogP contribution in [0.4, 0.5) is 0 Å². The third-order valence-electron chi connectivity index (χ3n) is 6.36. The Morgan fingerprint density at radius 2 is 1.68 bits per heavy atom. The Morgan fingerprint density at radius 3 is 2.45 bits per heavy atom. The highest BCUT2D eigenvalue weighted by Crippen LogP contribution is 2.27. The van der Waals surface area contributed by atoms with Crippen LogP contribution in [0.3, 0.4) is 0 Å². The molecule has 4 rings (SSSR count). The molecule has 0 aliphatic rings. The van der Waals surface area contributed by atoms with E-state index >= 15 is 0 Å². The molecular weight excluding hydrogens is 476 g/mol. The van der Waals surface area contributed by atoms with Gasteiger partial charge in [-0.2, -0.15) is 0 Å². The van der Waals surface area contributed by atoms with E-state index < -0.39 is 0 Å². The lowest BCUT2D eigenvalue weighted by molar-refractivity contribution is -0.120. The summed E-state index contributed by atoms with van der Waals surface area (Å²) in [7, 11) is 0. The average molecular weight is 515 g/mol. The van der Waals surface area contributed by atoms with Crippen LogP contribution in [-0.4, -0.2) is 38.8 Å². The first kappa shape index (κ1) is 27.3. The third kappa shape index (κ3) is 7.62. The molecule has 0 bridgehead atoms. The molecule has 1 heterocycles. The van der Waals surface area contributed by atoms with Gasteiger partial charge >= 0.3 is 0 Å². The number of amides is 1. The highest BCUT2D eigenvalue weighted by atomic mass is 16.5. The van der Waals surface area contributed by atoms with E-state index in [1.807, 2.05) is 36.6 Å². The third-order valence-corrected chi connectivity index (χ3v) is 6.36. The van der Waals surface area contributed by atoms with Crippen LogP contribution in [0.1, 0.15) is 31.4 Å². The van der Waals surface area contributed by atoms with Crippen LogP contribution < -0.4 is 20.1 Å². The molecule has 0 unspecified atom stereocenters. The molecule has 1 amide bonds. The summed E-state index contributed by atoms with van der Waals surface area (Å²) in [4.78, 5) is 11.7. The number of nitrogens with one attached hydrogen (secondary N) is 2. The molecule has 0 aliphatic heterocycles. The van der Waals surface area contributed by atoms with Crippen LogP contribution in [0.15, 0.2) is 77.9 Å². The summed E-state index contributed by atoms with van der Waals surface area (Å²) >= 11 is 0. The van der Waals surface area contributed by atoms with Crippen molar-refractivity contribution in [2.75, 3.05) is 32.8 Å². The second-order valence-corrected chi connectivity index (χ2v) is 9.86. The average Bonchev–Trinajstić information content (AvgIpc) is 3.31. The van der Waals surface area contributed by atoms with Gasteiger partial charge in [0.25, 0.3) is 0 Å². The molecule has 0 aliphatic carbocycles. The van der Waals surface area contributed by atoms with E-state index in [2.05, 4.69) is 55.3 Å². The maximum Gasteiger partial charge on any atom is 0.223 e. The van der Waals surface area contributed by atoms with Crippen LogP contribution >= 0.6 is 0 Å². The molecule has 0 saturated heterocycles. The first-order chi connectivity index (χ1) is 18.5. The Bertz CT molecular complexity index is 1360. The van der Waals surface area contributed by atoms with Crippen molar-refractivity contribution in [3.8, 4) is 11.5 Å². The molecule has 0 atom stereocenters. The van der Waals surface area contributed by atoms with Crippen molar-refractivity contribution in [1.82, 2.24) is 10.6 Å². The number of furan rings is 1. The molecule has 38 heavy (non-hydrogen) atoms. The Morgan fingerprint density at radius 1 is 0.947 bits per heavy atom. The van der Waals surface area contributed by atoms with Gasteiger partial charge in [0.1, 0.15) is 30.3 Å². The quantitative estimate of drug-likeness (QED) is 0.149. The number of hydrogen-bond acceptors (Lipinski definition) is 5. The van der Waals surface area contributed by atoms with E-state index in [9.17, 15) is 4.79 Å². The van der Waals surface area contributed by atoms with Crippen molar-refractivity contribution in [1.29, 1.82) is 0 Å². The summed E-state index contributed by atoms with van der Waals surface area (Å²) in [6.45, 7) is 11.4. The summed E-state index contributed by atoms with van der Waals surface area (Å²) in [6, 6.07) is 18.3. The molecule has 0 radical (unpaired) electrons. The fourth-order valence-corrected chi connectivity index (χ4v) is 4.44. The summed E-state index contributed by atoms with van der Waals surface area (Å²) < 4.78 is 17.7. The summed E-state index contributed by atoms with van der Waals surface area (Å²) in [5.41, 5.74) is 3.23. The van der Waals surface area contributed by atoms with E-state index in [1.54, 1.807) is 6.08 Å². The predicted molar refractivity (Wildman–Crippen MR) is 154 cm³/mol. The van der Waals surface area contributed by atoms with E-state index in [0.717, 1.165) is 59.2 Å². The Kier molecular flexibility index (Phi) is 9.82. The van der Waals surface area contributed by atoms with Crippen molar-refractivity contribution in [3.63, 3.8) is 0 Å². The fourth-order valence-electron chi connectivity index (χ4n) is 4.44. The van der Waals surface area contributed by atoms with Crippen LogP contribution in [0, 0.1) is 5.92 Å². The summed E-state index contributed by atoms with van der Waals surface area (Å²) in [5, 5.41) is 9.78. The minimum absolute atomic E-state index is 0.00829. The number of ether oxygens (including phenoxy) is 2. The molecule has 6 heteroatoms. The topological polar surface area (TPSA) is 72.7 Å². The molecule has 1 aromatic heterocycles. The van der Waals surface area contributed by atoms with Crippen molar-refractivity contribution in [2.45, 2.75) is 33.1 Å². The lowest BCUT2D eigenvalue weighted by Gasteiger charge is -2.12. The van der Waals surface area contributed by atoms with Gasteiger partial charge < -0.3 is 24.5 Å². The van der Waals surface area contributed by atoms with Crippen LogP contribution in [0.2, 0.25) is 0 Å². The van der Waals surface area contributed by atoms with Gasteiger partial charge in [-0.3, -0.25) is 4.79 Å². The molecule has 0 spiro atoms. The van der Waals surface area contributed by atoms with Crippen LogP contribution in [-0.2, 0) is 17.6 Å². The minimum atomic E-state index is -0.00829. The molecule has 200 valence electrons. The molecule has 0 fully saturated rings. The predicted octanol–water partition coefficient (Wildman–Crippen LogP) is 6.07. The van der Waals surface area contributed by atoms with Gasteiger partial charge in [0.15, 0.2) is 0 Å². The van der Waals surface area contributed by atoms with Crippen molar-refractivity contribution >= 4 is 27.6 Å². The Hall–Kier alpha value is -3.77. The van der Waals surface area contributed by atoms with E-state index in [1.165, 1.54) is 11.1 Å². The lowest BCUT2D eigenvalue weighted by atomic mass is 10.0. The van der Waals surface area contributed by atoms with Gasteiger partial charge in [-0.05, 0) is 84.1 Å². The van der Waals surface area contributed by atoms with E-state index in [0.29, 0.717) is 32.1 Å². The molecule has 6 nitrogen and oxygen atoms in total. The summed E-state index contributed by atoms with van der Waals surface area (Å²) in [5.74, 6) is 2.23. The highest BCUT2D eigenvalue weighted by molar-refractivity contribution is 5.87. The zero-order valence-electron chi connectivity index (χ0n) is 22.4. The van der Waals surface area contributed by atoms with Gasteiger partial charge in [0, 0.05) is 18.4 Å². The monoisotopic (exact) mass is 514 g/mol. The van der Waals surface area contributed by atoms with Gasteiger partial charge in [0.2, 0.25) is 5.91 Å². The number of hydrogen-bond donors (Lipinski definition) is 2. The number of carbonyl (C=O) groups excluding carboxylic acids is 1. The van der Waals surface area contributed by atoms with Gasteiger partial charge in [-0.25, -0.2) is 0 Å². The van der Waals surface area contributed by atoms with E-state index in [4.69, 9.17) is 13.9 Å². The highest BCUT2D eigenvalue weighted by Gasteiger charge is 2.09. The van der Waals surface area contributed by atoms with Gasteiger partial charge in [0.05, 0.1) is 6.26 Å². The smallest absolute Gasteiger partial charge is 0.223 e. The van der Waals surface area contributed by atoms with Crippen molar-refractivity contribution in [3.05, 3.63) is 84.6 Å². The minimum Gasteiger partial charge on any atom is -0.490 e. The van der Waals surface area contributed by atoms with Crippen molar-refractivity contribution in [2.24, 2.45) is 5.92 Å². The maximum atomic E-state index is 11.7. The van der Waals surface area contributed by atoms with Crippen LogP contribution in [0.5, 0.6) is 11.5 Å². The summed E-state index contributed by atoms with van der Waals surface area (Å²) in [6.07, 6.45) is 5.46. The molecule has 0 saturated carbocycles. The molecule has 2 N–H and O–H groups in total. The van der Waals surface area contributed by atoms with E-state index in [-0.39, 0.29) is 5.91 Å². The van der Waals surface area contributed by atoms with Gasteiger partial charge in [-0.1, -0.05) is 44.2 Å². The standard InChI is InChI=1S/C32H38N2O4/c1-4-6-32(35)34-16-14-25-8-5-7-24-9-10-27(19-29(24)25)36-17-18-37-28-11-12-31-30(20-28)26(22-38-31)13-15-33-21-23(2)3/h4-5,7-12,19-20,22-23,33H,1,6,13-18,21H2,2-3H3,(H,34,35). The number of benzene rings is 3. The number of carbonyl (C=O) groups is 1. The zero-order valence-corrected chi connectivity index (χ0v) is 22.4. The molecule has 4 aromatic rings. The Labute approximate surface area is 225 Å².